The number of hydrogen-bond donors (Lipinski definition) is 1. The standard InChI is InChI=1S/C11H20N2O2/c1-13(10-4-6-15-8-10)11(14)9-3-2-5-12-7-9/h9-10,12H,2-8H2,1H3/t9-,10?/m0/s1. The number of rotatable bonds is 2. The zero-order chi connectivity index (χ0) is 10.7. The predicted molar refractivity (Wildman–Crippen MR) is 57.6 cm³/mol. The molecular formula is C11H20N2O2. The number of ether oxygens (including phenoxy) is 1. The lowest BCUT2D eigenvalue weighted by Crippen LogP contribution is -2.45. The molecule has 0 aliphatic carbocycles. The van der Waals surface area contributed by atoms with Gasteiger partial charge in [-0.15, -0.1) is 0 Å². The summed E-state index contributed by atoms with van der Waals surface area (Å²) >= 11 is 0. The van der Waals surface area contributed by atoms with Crippen LogP contribution in [0.5, 0.6) is 0 Å². The Balaban J connectivity index is 1.87. The van der Waals surface area contributed by atoms with Crippen LogP contribution in [0.25, 0.3) is 0 Å². The van der Waals surface area contributed by atoms with E-state index in [1.807, 2.05) is 11.9 Å². The van der Waals surface area contributed by atoms with Crippen molar-refractivity contribution < 1.29 is 9.53 Å². The van der Waals surface area contributed by atoms with E-state index in [2.05, 4.69) is 5.32 Å². The lowest BCUT2D eigenvalue weighted by atomic mass is 9.97. The number of likely N-dealkylation sites (N-methyl/N-ethyl adjacent to an activating group) is 1. The van der Waals surface area contributed by atoms with Gasteiger partial charge in [-0.1, -0.05) is 0 Å². The minimum absolute atomic E-state index is 0.185. The Morgan fingerprint density at radius 2 is 2.33 bits per heavy atom. The average Bonchev–Trinajstić information content (AvgIpc) is 2.82. The van der Waals surface area contributed by atoms with Crippen molar-refractivity contribution in [3.05, 3.63) is 0 Å². The Morgan fingerprint density at radius 1 is 1.47 bits per heavy atom. The van der Waals surface area contributed by atoms with Crippen molar-refractivity contribution in [1.29, 1.82) is 0 Å². The monoisotopic (exact) mass is 212 g/mol. The van der Waals surface area contributed by atoms with E-state index in [0.717, 1.165) is 39.0 Å². The van der Waals surface area contributed by atoms with Gasteiger partial charge in [0, 0.05) is 20.2 Å². The lowest BCUT2D eigenvalue weighted by molar-refractivity contribution is -0.136. The van der Waals surface area contributed by atoms with E-state index in [-0.39, 0.29) is 11.8 Å². The molecule has 2 fully saturated rings. The third kappa shape index (κ3) is 2.49. The summed E-state index contributed by atoms with van der Waals surface area (Å²) in [7, 11) is 1.91. The molecule has 1 unspecified atom stereocenters. The van der Waals surface area contributed by atoms with Gasteiger partial charge in [-0.3, -0.25) is 4.79 Å². The fourth-order valence-electron chi connectivity index (χ4n) is 2.36. The summed E-state index contributed by atoms with van der Waals surface area (Å²) in [6.07, 6.45) is 3.14. The molecule has 2 rings (SSSR count). The highest BCUT2D eigenvalue weighted by Gasteiger charge is 2.29. The fraction of sp³-hybridized carbons (Fsp3) is 0.909. The summed E-state index contributed by atoms with van der Waals surface area (Å²) in [4.78, 5) is 14.0. The summed E-state index contributed by atoms with van der Waals surface area (Å²) in [5.74, 6) is 0.474. The van der Waals surface area contributed by atoms with Crippen LogP contribution in [0.4, 0.5) is 0 Å². The molecule has 2 aliphatic heterocycles. The maximum absolute atomic E-state index is 12.1. The molecule has 2 atom stereocenters. The molecule has 0 aromatic rings. The fourth-order valence-corrected chi connectivity index (χ4v) is 2.36. The second kappa shape index (κ2) is 4.94. The number of nitrogens with one attached hydrogen (secondary N) is 1. The molecule has 0 spiro atoms. The van der Waals surface area contributed by atoms with Gasteiger partial charge in [-0.05, 0) is 25.8 Å². The van der Waals surface area contributed by atoms with Gasteiger partial charge >= 0.3 is 0 Å². The summed E-state index contributed by atoms with van der Waals surface area (Å²) in [6.45, 7) is 3.41. The molecular weight excluding hydrogens is 192 g/mol. The third-order valence-corrected chi connectivity index (χ3v) is 3.45. The summed E-state index contributed by atoms with van der Waals surface area (Å²) in [6, 6.07) is 0.305. The first kappa shape index (κ1) is 10.9. The second-order valence-electron chi connectivity index (χ2n) is 4.51. The van der Waals surface area contributed by atoms with Crippen molar-refractivity contribution in [2.24, 2.45) is 5.92 Å². The number of hydrogen-bond acceptors (Lipinski definition) is 3. The van der Waals surface area contributed by atoms with Crippen molar-refractivity contribution in [2.45, 2.75) is 25.3 Å². The van der Waals surface area contributed by atoms with Crippen LogP contribution >= 0.6 is 0 Å². The van der Waals surface area contributed by atoms with E-state index in [4.69, 9.17) is 4.74 Å². The minimum atomic E-state index is 0.185. The lowest BCUT2D eigenvalue weighted by Gasteiger charge is -2.30. The molecule has 0 aromatic heterocycles. The van der Waals surface area contributed by atoms with Gasteiger partial charge in [0.2, 0.25) is 5.91 Å². The normalized spacial score (nSPS) is 31.5. The number of carbonyl (C=O) groups is 1. The second-order valence-corrected chi connectivity index (χ2v) is 4.51. The first-order chi connectivity index (χ1) is 7.29. The maximum atomic E-state index is 12.1. The van der Waals surface area contributed by atoms with Crippen LogP contribution in [0.2, 0.25) is 0 Å². The summed E-state index contributed by atoms with van der Waals surface area (Å²) in [5.41, 5.74) is 0. The van der Waals surface area contributed by atoms with E-state index in [1.165, 1.54) is 0 Å². The Morgan fingerprint density at radius 3 is 2.93 bits per heavy atom. The van der Waals surface area contributed by atoms with E-state index in [1.54, 1.807) is 0 Å². The van der Waals surface area contributed by atoms with Crippen molar-refractivity contribution in [3.63, 3.8) is 0 Å². The highest BCUT2D eigenvalue weighted by atomic mass is 16.5. The van der Waals surface area contributed by atoms with Crippen LogP contribution in [-0.2, 0) is 9.53 Å². The molecule has 4 heteroatoms. The van der Waals surface area contributed by atoms with Gasteiger partial charge in [0.15, 0.2) is 0 Å². The van der Waals surface area contributed by atoms with Gasteiger partial charge in [0.1, 0.15) is 0 Å². The Labute approximate surface area is 91.0 Å². The Kier molecular flexibility index (Phi) is 3.59. The summed E-state index contributed by atoms with van der Waals surface area (Å²) < 4.78 is 5.31. The Bertz CT molecular complexity index is 221. The van der Waals surface area contributed by atoms with Crippen LogP contribution in [0, 0.1) is 5.92 Å². The van der Waals surface area contributed by atoms with Crippen LogP contribution in [0.15, 0.2) is 0 Å². The molecule has 1 amide bonds. The van der Waals surface area contributed by atoms with Crippen molar-refractivity contribution in [1.82, 2.24) is 10.2 Å². The van der Waals surface area contributed by atoms with Crippen molar-refractivity contribution in [3.8, 4) is 0 Å². The van der Waals surface area contributed by atoms with Crippen LogP contribution in [0.1, 0.15) is 19.3 Å². The minimum Gasteiger partial charge on any atom is -0.379 e. The first-order valence-corrected chi connectivity index (χ1v) is 5.84. The highest BCUT2D eigenvalue weighted by Crippen LogP contribution is 2.17. The maximum Gasteiger partial charge on any atom is 0.227 e. The van der Waals surface area contributed by atoms with Crippen LogP contribution < -0.4 is 5.32 Å². The molecule has 0 bridgehead atoms. The van der Waals surface area contributed by atoms with Gasteiger partial charge in [0.25, 0.3) is 0 Å². The predicted octanol–water partition coefficient (Wildman–Crippen LogP) is 0.233. The SMILES string of the molecule is CN(C(=O)[C@H]1CCCNC1)C1CCOC1. The zero-order valence-corrected chi connectivity index (χ0v) is 9.37. The van der Waals surface area contributed by atoms with Crippen LogP contribution in [-0.4, -0.2) is 50.2 Å². The number of nitrogens with zero attached hydrogens (tertiary/aromatic N) is 1. The Hall–Kier alpha value is -0.610. The van der Waals surface area contributed by atoms with Crippen LogP contribution in [0.3, 0.4) is 0 Å². The van der Waals surface area contributed by atoms with E-state index >= 15 is 0 Å². The topological polar surface area (TPSA) is 41.6 Å². The molecule has 0 radical (unpaired) electrons. The van der Waals surface area contributed by atoms with Gasteiger partial charge in [-0.25, -0.2) is 0 Å². The molecule has 2 aliphatic rings. The van der Waals surface area contributed by atoms with Crippen molar-refractivity contribution >= 4 is 5.91 Å². The molecule has 2 heterocycles. The third-order valence-electron chi connectivity index (χ3n) is 3.45. The smallest absolute Gasteiger partial charge is 0.227 e. The number of piperidine rings is 1. The number of carbonyl (C=O) groups excluding carboxylic acids is 1. The van der Waals surface area contributed by atoms with Gasteiger partial charge in [0.05, 0.1) is 18.6 Å². The van der Waals surface area contributed by atoms with Gasteiger partial charge < -0.3 is 15.0 Å². The molecule has 15 heavy (non-hydrogen) atoms. The van der Waals surface area contributed by atoms with E-state index in [9.17, 15) is 4.79 Å². The van der Waals surface area contributed by atoms with Crippen molar-refractivity contribution in [2.75, 3.05) is 33.4 Å². The largest absolute Gasteiger partial charge is 0.379 e. The molecule has 0 aromatic carbocycles. The molecule has 4 nitrogen and oxygen atoms in total. The molecule has 0 saturated carbocycles. The summed E-state index contributed by atoms with van der Waals surface area (Å²) in [5, 5.41) is 3.28. The highest BCUT2D eigenvalue weighted by molar-refractivity contribution is 5.79. The first-order valence-electron chi connectivity index (χ1n) is 5.84. The molecule has 1 N–H and O–H groups in total. The van der Waals surface area contributed by atoms with Gasteiger partial charge in [-0.2, -0.15) is 0 Å². The number of amides is 1. The zero-order valence-electron chi connectivity index (χ0n) is 9.37. The molecule has 2 saturated heterocycles. The van der Waals surface area contributed by atoms with E-state index in [0.29, 0.717) is 12.6 Å². The average molecular weight is 212 g/mol. The molecule has 86 valence electrons. The van der Waals surface area contributed by atoms with E-state index < -0.39 is 0 Å². The quantitative estimate of drug-likeness (QED) is 0.712.